The largest absolute Gasteiger partial charge is 0.496 e. The topological polar surface area (TPSA) is 79.3 Å². The highest BCUT2D eigenvalue weighted by atomic mass is 79.9. The van der Waals surface area contributed by atoms with E-state index in [9.17, 15) is 8.42 Å². The number of rotatable bonds is 6. The number of aliphatic hydroxyl groups excluding tert-OH is 1. The van der Waals surface area contributed by atoms with Crippen molar-refractivity contribution in [2.75, 3.05) is 53.6 Å². The molecule has 0 aromatic heterocycles. The van der Waals surface area contributed by atoms with E-state index in [1.165, 1.54) is 24.6 Å². The third kappa shape index (κ3) is 4.53. The molecule has 0 bridgehead atoms. The SMILES string of the molecule is COc1cc(S(=O)(=O)N2CCN(CCO)CC2)c(OC)cc1Br.Cl. The van der Waals surface area contributed by atoms with Gasteiger partial charge in [0.25, 0.3) is 0 Å². The Kier molecular flexibility index (Phi) is 8.24. The fraction of sp³-hybridized carbons (Fsp3) is 0.571. The van der Waals surface area contributed by atoms with Gasteiger partial charge in [0.2, 0.25) is 10.0 Å². The summed E-state index contributed by atoms with van der Waals surface area (Å²) >= 11 is 3.33. The highest BCUT2D eigenvalue weighted by Crippen LogP contribution is 2.36. The molecule has 10 heteroatoms. The molecule has 1 aromatic carbocycles. The molecule has 7 nitrogen and oxygen atoms in total. The van der Waals surface area contributed by atoms with Crippen LogP contribution in [0.5, 0.6) is 11.5 Å². The quantitative estimate of drug-likeness (QED) is 0.708. The van der Waals surface area contributed by atoms with Gasteiger partial charge in [-0.05, 0) is 22.0 Å². The van der Waals surface area contributed by atoms with Crippen LogP contribution in [0.3, 0.4) is 0 Å². The maximum absolute atomic E-state index is 12.9. The summed E-state index contributed by atoms with van der Waals surface area (Å²) in [5.41, 5.74) is 0. The van der Waals surface area contributed by atoms with E-state index in [4.69, 9.17) is 14.6 Å². The number of hydrogen-bond acceptors (Lipinski definition) is 6. The lowest BCUT2D eigenvalue weighted by Gasteiger charge is -2.33. The van der Waals surface area contributed by atoms with Gasteiger partial charge in [0, 0.05) is 38.8 Å². The summed E-state index contributed by atoms with van der Waals surface area (Å²) in [5.74, 6) is 0.707. The van der Waals surface area contributed by atoms with Gasteiger partial charge in [0.15, 0.2) is 0 Å². The lowest BCUT2D eigenvalue weighted by atomic mass is 10.3. The van der Waals surface area contributed by atoms with Crippen LogP contribution in [0.2, 0.25) is 0 Å². The van der Waals surface area contributed by atoms with Crippen LogP contribution in [0.25, 0.3) is 0 Å². The van der Waals surface area contributed by atoms with Crippen LogP contribution in [-0.2, 0) is 10.0 Å². The first-order chi connectivity index (χ1) is 10.9. The van der Waals surface area contributed by atoms with Crippen molar-refractivity contribution in [1.82, 2.24) is 9.21 Å². The van der Waals surface area contributed by atoms with Crippen molar-refractivity contribution in [3.63, 3.8) is 0 Å². The Morgan fingerprint density at radius 1 is 1.12 bits per heavy atom. The number of sulfonamides is 1. The average molecular weight is 446 g/mol. The predicted octanol–water partition coefficient (Wildman–Crippen LogP) is 1.19. The van der Waals surface area contributed by atoms with E-state index in [1.807, 2.05) is 4.90 Å². The van der Waals surface area contributed by atoms with Crippen molar-refractivity contribution >= 4 is 38.4 Å². The van der Waals surface area contributed by atoms with Gasteiger partial charge in [-0.3, -0.25) is 4.90 Å². The van der Waals surface area contributed by atoms with E-state index in [0.717, 1.165) is 0 Å². The van der Waals surface area contributed by atoms with Crippen molar-refractivity contribution in [2.45, 2.75) is 4.90 Å². The van der Waals surface area contributed by atoms with Crippen molar-refractivity contribution in [2.24, 2.45) is 0 Å². The molecule has 0 radical (unpaired) electrons. The Morgan fingerprint density at radius 3 is 2.21 bits per heavy atom. The average Bonchev–Trinajstić information content (AvgIpc) is 2.55. The third-order valence-corrected chi connectivity index (χ3v) is 6.34. The van der Waals surface area contributed by atoms with Gasteiger partial charge in [-0.25, -0.2) is 8.42 Å². The summed E-state index contributed by atoms with van der Waals surface area (Å²) in [5, 5.41) is 8.97. The molecule has 1 N–H and O–H groups in total. The zero-order chi connectivity index (χ0) is 17.0. The number of piperazine rings is 1. The highest BCUT2D eigenvalue weighted by molar-refractivity contribution is 9.10. The Labute approximate surface area is 157 Å². The first kappa shape index (κ1) is 21.5. The number of nitrogens with zero attached hydrogens (tertiary/aromatic N) is 2. The van der Waals surface area contributed by atoms with E-state index in [0.29, 0.717) is 42.9 Å². The second-order valence-corrected chi connectivity index (χ2v) is 7.87. The summed E-state index contributed by atoms with van der Waals surface area (Å²) < 4.78 is 38.3. The second-order valence-electron chi connectivity index (χ2n) is 5.11. The molecule has 24 heavy (non-hydrogen) atoms. The summed E-state index contributed by atoms with van der Waals surface area (Å²) in [6, 6.07) is 3.06. The number of methoxy groups -OCH3 is 2. The van der Waals surface area contributed by atoms with Gasteiger partial charge in [0.05, 0.1) is 25.3 Å². The van der Waals surface area contributed by atoms with Crippen molar-refractivity contribution in [1.29, 1.82) is 0 Å². The number of hydrogen-bond donors (Lipinski definition) is 1. The van der Waals surface area contributed by atoms with E-state index >= 15 is 0 Å². The molecule has 2 rings (SSSR count). The van der Waals surface area contributed by atoms with Crippen molar-refractivity contribution < 1.29 is 23.0 Å². The van der Waals surface area contributed by atoms with Crippen LogP contribution in [0.15, 0.2) is 21.5 Å². The molecule has 1 heterocycles. The number of ether oxygens (including phenoxy) is 2. The van der Waals surface area contributed by atoms with Crippen LogP contribution < -0.4 is 9.47 Å². The van der Waals surface area contributed by atoms with Crippen molar-refractivity contribution in [3.05, 3.63) is 16.6 Å². The molecule has 1 aliphatic rings. The maximum atomic E-state index is 12.9. The number of aliphatic hydroxyl groups is 1. The summed E-state index contributed by atoms with van der Waals surface area (Å²) in [6.45, 7) is 2.58. The molecular formula is C14H22BrClN2O5S. The Bertz CT molecular complexity index is 651. The van der Waals surface area contributed by atoms with E-state index in [2.05, 4.69) is 15.9 Å². The summed E-state index contributed by atoms with van der Waals surface area (Å²) in [4.78, 5) is 2.13. The van der Waals surface area contributed by atoms with Crippen LogP contribution >= 0.6 is 28.3 Å². The maximum Gasteiger partial charge on any atom is 0.246 e. The molecule has 1 fully saturated rings. The third-order valence-electron chi connectivity index (χ3n) is 3.80. The zero-order valence-electron chi connectivity index (χ0n) is 13.6. The fourth-order valence-corrected chi connectivity index (χ4v) is 4.57. The highest BCUT2D eigenvalue weighted by Gasteiger charge is 2.31. The molecule has 0 aliphatic carbocycles. The molecule has 0 spiro atoms. The van der Waals surface area contributed by atoms with Crippen LogP contribution in [0.1, 0.15) is 0 Å². The minimum Gasteiger partial charge on any atom is -0.496 e. The second kappa shape index (κ2) is 9.21. The van der Waals surface area contributed by atoms with Gasteiger partial charge in [-0.1, -0.05) is 0 Å². The van der Waals surface area contributed by atoms with Crippen LogP contribution in [-0.4, -0.2) is 76.3 Å². The number of halogens is 2. The number of β-amino-alcohol motifs (C(OH)–C–C–N with tert-alkyl or cyclic N) is 1. The molecule has 0 saturated carbocycles. The minimum absolute atomic E-state index is 0. The summed E-state index contributed by atoms with van der Waals surface area (Å²) in [7, 11) is -0.754. The number of benzene rings is 1. The molecule has 1 aromatic rings. The standard InChI is InChI=1S/C14H21BrN2O5S.ClH/c1-21-12-10-14(13(22-2)9-11(12)15)23(19,20)17-5-3-16(4-6-17)7-8-18;/h9-10,18H,3-8H2,1-2H3;1H. The summed E-state index contributed by atoms with van der Waals surface area (Å²) in [6.07, 6.45) is 0. The van der Waals surface area contributed by atoms with Gasteiger partial charge >= 0.3 is 0 Å². The van der Waals surface area contributed by atoms with Gasteiger partial charge in [-0.2, -0.15) is 4.31 Å². The van der Waals surface area contributed by atoms with Crippen molar-refractivity contribution in [3.8, 4) is 11.5 Å². The molecule has 0 atom stereocenters. The predicted molar refractivity (Wildman–Crippen MR) is 96.8 cm³/mol. The fourth-order valence-electron chi connectivity index (χ4n) is 2.51. The van der Waals surface area contributed by atoms with Gasteiger partial charge < -0.3 is 14.6 Å². The van der Waals surface area contributed by atoms with E-state index in [1.54, 1.807) is 6.07 Å². The zero-order valence-corrected chi connectivity index (χ0v) is 16.8. The Morgan fingerprint density at radius 2 is 1.71 bits per heavy atom. The molecular weight excluding hydrogens is 424 g/mol. The van der Waals surface area contributed by atoms with Crippen LogP contribution in [0, 0.1) is 0 Å². The van der Waals surface area contributed by atoms with E-state index < -0.39 is 10.0 Å². The van der Waals surface area contributed by atoms with E-state index in [-0.39, 0.29) is 29.7 Å². The monoisotopic (exact) mass is 444 g/mol. The normalized spacial score (nSPS) is 16.5. The smallest absolute Gasteiger partial charge is 0.246 e. The first-order valence-corrected chi connectivity index (χ1v) is 9.42. The minimum atomic E-state index is -3.67. The molecule has 0 unspecified atom stereocenters. The first-order valence-electron chi connectivity index (χ1n) is 7.19. The molecule has 138 valence electrons. The van der Waals surface area contributed by atoms with Gasteiger partial charge in [0.1, 0.15) is 16.4 Å². The van der Waals surface area contributed by atoms with Gasteiger partial charge in [-0.15, -0.1) is 12.4 Å². The Hall–Kier alpha value is -0.580. The van der Waals surface area contributed by atoms with Crippen LogP contribution in [0.4, 0.5) is 0 Å². The Balaban J connectivity index is 0.00000288. The molecule has 0 amide bonds. The molecule has 1 saturated heterocycles. The molecule has 1 aliphatic heterocycles. The lowest BCUT2D eigenvalue weighted by molar-refractivity contribution is 0.151. The lowest BCUT2D eigenvalue weighted by Crippen LogP contribution is -2.49.